The van der Waals surface area contributed by atoms with Gasteiger partial charge in [-0.2, -0.15) is 0 Å². The summed E-state index contributed by atoms with van der Waals surface area (Å²) in [6.45, 7) is 4.88. The minimum absolute atomic E-state index is 0.141. The molecule has 0 bridgehead atoms. The molecule has 0 aromatic heterocycles. The van der Waals surface area contributed by atoms with Gasteiger partial charge in [-0.05, 0) is 0 Å². The Morgan fingerprint density at radius 2 is 0.806 bits per heavy atom. The number of hydrogen-bond donors (Lipinski definition) is 0. The van der Waals surface area contributed by atoms with Crippen molar-refractivity contribution >= 4 is 77.3 Å². The molecule has 10 rings (SSSR count). The van der Waals surface area contributed by atoms with Gasteiger partial charge in [-0.1, -0.05) is 0 Å². The first kappa shape index (κ1) is 49.1. The van der Waals surface area contributed by atoms with E-state index in [9.17, 15) is 0 Å². The summed E-state index contributed by atoms with van der Waals surface area (Å²) in [6.07, 6.45) is 25.7. The van der Waals surface area contributed by atoms with Crippen molar-refractivity contribution in [2.45, 2.75) is 131 Å². The molecule has 0 heterocycles. The fourth-order valence-corrected chi connectivity index (χ4v) is 58.2. The van der Waals surface area contributed by atoms with Crippen LogP contribution in [0, 0.1) is 10.8 Å². The van der Waals surface area contributed by atoms with Crippen molar-refractivity contribution in [1.29, 1.82) is 0 Å². The van der Waals surface area contributed by atoms with Crippen molar-refractivity contribution in [2.24, 2.45) is 10.8 Å². The van der Waals surface area contributed by atoms with Crippen LogP contribution < -0.4 is 0 Å². The average molecular weight is 1140 g/mol. The van der Waals surface area contributed by atoms with Gasteiger partial charge < -0.3 is 0 Å². The quantitative estimate of drug-likeness (QED) is 0.0753. The van der Waals surface area contributed by atoms with Crippen LogP contribution in [-0.2, 0) is 35.8 Å². The molecule has 0 nitrogen and oxygen atoms in total. The van der Waals surface area contributed by atoms with Gasteiger partial charge in [-0.15, -0.1) is 0 Å². The number of hydrogen-bond acceptors (Lipinski definition) is 0. The number of benzene rings is 6. The van der Waals surface area contributed by atoms with E-state index in [0.29, 0.717) is 10.8 Å². The van der Waals surface area contributed by atoms with Crippen molar-refractivity contribution in [3.63, 3.8) is 0 Å². The Kier molecular flexibility index (Phi) is 15.3. The van der Waals surface area contributed by atoms with Crippen LogP contribution >= 0.6 is 34.1 Å². The van der Waals surface area contributed by atoms with Crippen LogP contribution in [0.15, 0.2) is 132 Å². The summed E-state index contributed by atoms with van der Waals surface area (Å²) in [5, 5.41) is 5.15. The van der Waals surface area contributed by atoms with E-state index in [-0.39, 0.29) is 7.25 Å². The molecule has 0 N–H and O–H groups in total. The second kappa shape index (κ2) is 20.9. The van der Waals surface area contributed by atoms with Crippen molar-refractivity contribution in [3.8, 4) is 22.3 Å². The molecule has 67 heavy (non-hydrogen) atoms. The molecule has 2 fully saturated rings. The van der Waals surface area contributed by atoms with Gasteiger partial charge in [0.25, 0.3) is 0 Å². The normalized spacial score (nSPS) is 20.7. The Morgan fingerprint density at radius 3 is 1.21 bits per heavy atom. The SMILES string of the molecule is CCC1(CC2=Cc3c(-c4cccc5ccccc45)cccc3[CH]2[Zr]([Cl])([Cl])[CH2][SiH2][CH2][Zr]([Cl])([Cl])[CH]2C(CC3(CC)CCCCCC3)=Cc3c(-c4cccc5ccccc45)cccc32)CCCCCC1. The molecule has 4 aliphatic rings. The fraction of sp³-hybridized carbons (Fsp3) is 0.400. The van der Waals surface area contributed by atoms with Crippen LogP contribution in [0.3, 0.4) is 0 Å². The zero-order valence-electron chi connectivity index (χ0n) is 39.8. The number of allylic oxidation sites excluding steroid dienone is 2. The second-order valence-corrected chi connectivity index (χ2v) is 58.9. The van der Waals surface area contributed by atoms with E-state index in [1.165, 1.54) is 167 Å². The van der Waals surface area contributed by atoms with Crippen LogP contribution in [0.25, 0.3) is 56.0 Å². The molecule has 348 valence electrons. The molecule has 2 atom stereocenters. The third-order valence-corrected chi connectivity index (χ3v) is 60.5. The predicted molar refractivity (Wildman–Crippen MR) is 292 cm³/mol. The fourth-order valence-electron chi connectivity index (χ4n) is 13.6. The van der Waals surface area contributed by atoms with Crippen LogP contribution in [0.1, 0.15) is 146 Å². The molecule has 2 unspecified atom stereocenters. The molecular formula is C60H68Cl4SiZr2. The van der Waals surface area contributed by atoms with E-state index in [1.807, 2.05) is 0 Å². The van der Waals surface area contributed by atoms with E-state index < -0.39 is 45.3 Å². The van der Waals surface area contributed by atoms with E-state index in [4.69, 9.17) is 34.1 Å². The van der Waals surface area contributed by atoms with E-state index in [2.05, 4.69) is 147 Å². The summed E-state index contributed by atoms with van der Waals surface area (Å²) >= 11 is -7.88. The summed E-state index contributed by atoms with van der Waals surface area (Å²) in [5.74, 6) is 0. The second-order valence-electron chi connectivity index (χ2n) is 21.2. The summed E-state index contributed by atoms with van der Waals surface area (Å²) in [6, 6.07) is 45.2. The summed E-state index contributed by atoms with van der Waals surface area (Å²) in [4.78, 5) is 0. The molecule has 7 heteroatoms. The van der Waals surface area contributed by atoms with Gasteiger partial charge in [-0.25, -0.2) is 0 Å². The van der Waals surface area contributed by atoms with Crippen molar-refractivity contribution in [1.82, 2.24) is 0 Å². The van der Waals surface area contributed by atoms with Crippen molar-refractivity contribution < 1.29 is 35.8 Å². The molecule has 6 aromatic rings. The summed E-state index contributed by atoms with van der Waals surface area (Å²) < 4.78 is 2.26. The average Bonchev–Trinajstić information content (AvgIpc) is 3.69. The van der Waals surface area contributed by atoms with Crippen molar-refractivity contribution in [2.75, 3.05) is 0 Å². The molecule has 0 radical (unpaired) electrons. The van der Waals surface area contributed by atoms with E-state index >= 15 is 0 Å². The van der Waals surface area contributed by atoms with Crippen LogP contribution in [0.5, 0.6) is 0 Å². The van der Waals surface area contributed by atoms with E-state index in [0.717, 1.165) is 20.3 Å². The third kappa shape index (κ3) is 10.0. The molecule has 2 saturated carbocycles. The van der Waals surface area contributed by atoms with Crippen LogP contribution in [0.4, 0.5) is 0 Å². The Hall–Kier alpha value is -1.54. The Bertz CT molecular complexity index is 2610. The van der Waals surface area contributed by atoms with Gasteiger partial charge in [0.15, 0.2) is 0 Å². The standard InChI is InChI=1S/2C29H31.C2H6Si.4ClH.2Zr/c2*1-2-29(17-7-3-4-8-18-29)21-22-19-24-13-10-16-27(28(24)20-22)26-15-9-12-23-11-5-6-14-25(23)26;1-3-2;;;;;;/h2*5-6,9-16,19-20H,2-4,7-8,17-18,21H2,1H3;1-3H2;4*1H;;/q;;;;;;;2*+2/p-4. The Balaban J connectivity index is 0.987. The number of fused-ring (bicyclic) bond motifs is 4. The van der Waals surface area contributed by atoms with Crippen molar-refractivity contribution in [3.05, 3.63) is 155 Å². The van der Waals surface area contributed by atoms with Gasteiger partial charge >= 0.3 is 432 Å². The van der Waals surface area contributed by atoms with Gasteiger partial charge in [0, 0.05) is 0 Å². The number of halogens is 4. The first-order chi connectivity index (χ1) is 32.5. The Morgan fingerprint density at radius 1 is 0.448 bits per heavy atom. The first-order valence-electron chi connectivity index (χ1n) is 25.9. The predicted octanol–water partition coefficient (Wildman–Crippen LogP) is 20.0. The monoisotopic (exact) mass is 1140 g/mol. The van der Waals surface area contributed by atoms with Gasteiger partial charge in [0.05, 0.1) is 0 Å². The zero-order chi connectivity index (χ0) is 46.2. The Labute approximate surface area is 427 Å². The molecule has 6 aromatic carbocycles. The summed E-state index contributed by atoms with van der Waals surface area (Å²) in [5.41, 5.74) is 14.4. The maximum absolute atomic E-state index is 8.21. The zero-order valence-corrected chi connectivity index (χ0v) is 49.2. The van der Waals surface area contributed by atoms with Gasteiger partial charge in [0.1, 0.15) is 0 Å². The van der Waals surface area contributed by atoms with Gasteiger partial charge in [-0.3, -0.25) is 0 Å². The maximum atomic E-state index is 8.21. The molecule has 0 aliphatic heterocycles. The topological polar surface area (TPSA) is 0 Å². The van der Waals surface area contributed by atoms with E-state index in [1.54, 1.807) is 0 Å². The van der Waals surface area contributed by atoms with Crippen LogP contribution in [-0.4, -0.2) is 9.52 Å². The number of rotatable bonds is 14. The molecule has 0 amide bonds. The molecule has 0 saturated heterocycles. The molecular weight excluding hydrogens is 1070 g/mol. The molecule has 0 spiro atoms. The summed E-state index contributed by atoms with van der Waals surface area (Å²) in [7, 11) is 32.0. The minimum atomic E-state index is -3.94. The first-order valence-corrected chi connectivity index (χ1v) is 46.9. The molecule has 4 aliphatic carbocycles. The van der Waals surface area contributed by atoms with Crippen LogP contribution in [0.2, 0.25) is 7.50 Å². The third-order valence-electron chi connectivity index (χ3n) is 17.3. The van der Waals surface area contributed by atoms with Gasteiger partial charge in [0.2, 0.25) is 0 Å².